The van der Waals surface area contributed by atoms with Crippen LogP contribution < -0.4 is 0 Å². The second-order valence-electron chi connectivity index (χ2n) is 6.12. The first kappa shape index (κ1) is 18.6. The minimum absolute atomic E-state index is 0.152. The summed E-state index contributed by atoms with van der Waals surface area (Å²) >= 11 is 0. The van der Waals surface area contributed by atoms with Crippen LogP contribution in [0.25, 0.3) is 0 Å². The van der Waals surface area contributed by atoms with Gasteiger partial charge in [-0.2, -0.15) is 10.5 Å². The Morgan fingerprint density at radius 1 is 0.960 bits per heavy atom. The molecular weight excluding hydrogens is 308 g/mol. The lowest BCUT2D eigenvalue weighted by Gasteiger charge is -2.18. The van der Waals surface area contributed by atoms with Crippen LogP contribution in [0.4, 0.5) is 0 Å². The Morgan fingerprint density at radius 3 is 2.28 bits per heavy atom. The molecule has 0 unspecified atom stereocenters. The molecule has 3 nitrogen and oxygen atoms in total. The van der Waals surface area contributed by atoms with Crippen LogP contribution in [0.1, 0.15) is 50.0 Å². The van der Waals surface area contributed by atoms with Crippen molar-refractivity contribution in [3.05, 3.63) is 71.0 Å². The highest BCUT2D eigenvalue weighted by molar-refractivity contribution is 5.44. The van der Waals surface area contributed by atoms with E-state index in [4.69, 9.17) is 15.3 Å². The monoisotopic (exact) mass is 332 g/mol. The molecule has 0 aliphatic heterocycles. The van der Waals surface area contributed by atoms with Crippen LogP contribution in [0, 0.1) is 22.7 Å². The van der Waals surface area contributed by atoms with Gasteiger partial charge in [0.1, 0.15) is 5.76 Å². The average Bonchev–Trinajstić information content (AvgIpc) is 2.82. The third kappa shape index (κ3) is 5.66. The van der Waals surface area contributed by atoms with Crippen LogP contribution in [0.2, 0.25) is 0 Å². The van der Waals surface area contributed by atoms with Crippen LogP contribution in [0.3, 0.4) is 0 Å². The Kier molecular flexibility index (Phi) is 7.54. The average molecular weight is 332 g/mol. The van der Waals surface area contributed by atoms with Gasteiger partial charge < -0.3 is 4.74 Å². The molecule has 0 N–H and O–H groups in total. The molecule has 0 saturated carbocycles. The molecule has 0 bridgehead atoms. The maximum absolute atomic E-state index is 8.87. The van der Waals surface area contributed by atoms with Gasteiger partial charge in [-0.25, -0.2) is 0 Å². The van der Waals surface area contributed by atoms with E-state index < -0.39 is 0 Å². The fourth-order valence-corrected chi connectivity index (χ4v) is 3.08. The Labute approximate surface area is 150 Å². The molecule has 1 aliphatic rings. The number of allylic oxidation sites excluding steroid dienone is 5. The van der Waals surface area contributed by atoms with Gasteiger partial charge in [-0.1, -0.05) is 42.0 Å². The van der Waals surface area contributed by atoms with Gasteiger partial charge in [0.2, 0.25) is 0 Å². The molecule has 0 saturated heterocycles. The molecule has 0 amide bonds. The highest BCUT2D eigenvalue weighted by atomic mass is 16.5. The SMILES string of the molecule is COC1=C[C@@H](c2ccccc2)C(CCCC#N)=CC(CCCC#N)=C1. The van der Waals surface area contributed by atoms with Crippen LogP contribution in [0.15, 0.2) is 65.5 Å². The molecule has 3 heteroatoms. The van der Waals surface area contributed by atoms with Crippen molar-refractivity contribution in [1.29, 1.82) is 10.5 Å². The van der Waals surface area contributed by atoms with Crippen molar-refractivity contribution in [3.63, 3.8) is 0 Å². The van der Waals surface area contributed by atoms with Gasteiger partial charge in [-0.15, -0.1) is 0 Å². The van der Waals surface area contributed by atoms with E-state index in [0.717, 1.165) is 31.4 Å². The molecule has 25 heavy (non-hydrogen) atoms. The van der Waals surface area contributed by atoms with E-state index >= 15 is 0 Å². The van der Waals surface area contributed by atoms with Crippen molar-refractivity contribution in [2.75, 3.05) is 7.11 Å². The fraction of sp³-hybridized carbons (Fsp3) is 0.364. The first-order valence-electron chi connectivity index (χ1n) is 8.74. The maximum Gasteiger partial charge on any atom is 0.116 e. The molecule has 1 aliphatic carbocycles. The van der Waals surface area contributed by atoms with Crippen LogP contribution >= 0.6 is 0 Å². The largest absolute Gasteiger partial charge is 0.497 e. The second-order valence-corrected chi connectivity index (χ2v) is 6.12. The number of unbranched alkanes of at least 4 members (excludes halogenated alkanes) is 2. The predicted molar refractivity (Wildman–Crippen MR) is 99.4 cm³/mol. The number of rotatable bonds is 8. The Bertz CT molecular complexity index is 730. The molecule has 1 atom stereocenters. The summed E-state index contributed by atoms with van der Waals surface area (Å²) in [6.45, 7) is 0. The third-order valence-electron chi connectivity index (χ3n) is 4.33. The quantitative estimate of drug-likeness (QED) is 0.586. The van der Waals surface area contributed by atoms with Crippen molar-refractivity contribution in [3.8, 4) is 12.1 Å². The number of methoxy groups -OCH3 is 1. The zero-order valence-electron chi connectivity index (χ0n) is 14.7. The number of hydrogen-bond donors (Lipinski definition) is 0. The van der Waals surface area contributed by atoms with E-state index in [1.54, 1.807) is 7.11 Å². The zero-order chi connectivity index (χ0) is 17.9. The molecule has 2 rings (SSSR count). The lowest BCUT2D eigenvalue weighted by Crippen LogP contribution is -2.01. The Morgan fingerprint density at radius 2 is 1.64 bits per heavy atom. The first-order chi connectivity index (χ1) is 12.3. The molecule has 0 heterocycles. The third-order valence-corrected chi connectivity index (χ3v) is 4.33. The first-order valence-corrected chi connectivity index (χ1v) is 8.74. The summed E-state index contributed by atoms with van der Waals surface area (Å²) in [6, 6.07) is 14.8. The van der Waals surface area contributed by atoms with Gasteiger partial charge in [-0.3, -0.25) is 0 Å². The lowest BCUT2D eigenvalue weighted by atomic mass is 9.87. The van der Waals surface area contributed by atoms with Crippen molar-refractivity contribution in [1.82, 2.24) is 0 Å². The lowest BCUT2D eigenvalue weighted by molar-refractivity contribution is 0.304. The summed E-state index contributed by atoms with van der Waals surface area (Å²) in [5, 5.41) is 17.7. The minimum atomic E-state index is 0.152. The molecule has 1 aromatic rings. The highest BCUT2D eigenvalue weighted by Crippen LogP contribution is 2.35. The van der Waals surface area contributed by atoms with E-state index in [1.165, 1.54) is 16.7 Å². The van der Waals surface area contributed by atoms with Crippen molar-refractivity contribution in [2.45, 2.75) is 44.4 Å². The smallest absolute Gasteiger partial charge is 0.116 e. The second kappa shape index (κ2) is 10.2. The summed E-state index contributed by atoms with van der Waals surface area (Å²) in [5.74, 6) is 1.01. The number of hydrogen-bond acceptors (Lipinski definition) is 3. The van der Waals surface area contributed by atoms with E-state index in [9.17, 15) is 0 Å². The Balaban J connectivity index is 2.34. The van der Waals surface area contributed by atoms with Gasteiger partial charge in [0.15, 0.2) is 0 Å². The van der Waals surface area contributed by atoms with Gasteiger partial charge in [-0.05, 0) is 49.0 Å². The molecule has 0 radical (unpaired) electrons. The summed E-state index contributed by atoms with van der Waals surface area (Å²) in [5.41, 5.74) is 3.72. The van der Waals surface area contributed by atoms with Gasteiger partial charge in [0.25, 0.3) is 0 Å². The summed E-state index contributed by atoms with van der Waals surface area (Å²) in [7, 11) is 1.69. The highest BCUT2D eigenvalue weighted by Gasteiger charge is 2.18. The van der Waals surface area contributed by atoms with Crippen molar-refractivity contribution < 1.29 is 4.74 Å². The predicted octanol–water partition coefficient (Wildman–Crippen LogP) is 5.55. The van der Waals surface area contributed by atoms with E-state index in [-0.39, 0.29) is 5.92 Å². The topological polar surface area (TPSA) is 56.8 Å². The molecule has 0 aromatic heterocycles. The standard InChI is InChI=1S/C22H24N2O/c1-25-21-16-18(9-5-7-13-23)15-20(12-6-8-14-24)22(17-21)19-10-3-2-4-11-19/h2-4,10-11,15-17,22H,5-9,12H2,1H3/t22-/m0/s1. The van der Waals surface area contributed by atoms with E-state index in [2.05, 4.69) is 54.6 Å². The van der Waals surface area contributed by atoms with Crippen molar-refractivity contribution in [2.24, 2.45) is 0 Å². The molecule has 0 spiro atoms. The zero-order valence-corrected chi connectivity index (χ0v) is 14.7. The minimum Gasteiger partial charge on any atom is -0.497 e. The van der Waals surface area contributed by atoms with Crippen molar-refractivity contribution >= 4 is 0 Å². The molecular formula is C22H24N2O. The van der Waals surface area contributed by atoms with E-state index in [0.29, 0.717) is 12.8 Å². The maximum atomic E-state index is 8.87. The van der Waals surface area contributed by atoms with Gasteiger partial charge >= 0.3 is 0 Å². The Hall–Kier alpha value is -2.78. The fourth-order valence-electron chi connectivity index (χ4n) is 3.08. The summed E-state index contributed by atoms with van der Waals surface area (Å²) in [4.78, 5) is 0. The van der Waals surface area contributed by atoms with Crippen LogP contribution in [0.5, 0.6) is 0 Å². The number of ether oxygens (including phenoxy) is 1. The van der Waals surface area contributed by atoms with Gasteiger partial charge in [0.05, 0.1) is 19.2 Å². The molecule has 128 valence electrons. The number of nitriles is 2. The number of nitrogens with zero attached hydrogens (tertiary/aromatic N) is 2. The summed E-state index contributed by atoms with van der Waals surface area (Å²) in [6.07, 6.45) is 11.0. The van der Waals surface area contributed by atoms with E-state index in [1.807, 2.05) is 6.07 Å². The normalized spacial score (nSPS) is 16.6. The van der Waals surface area contributed by atoms with Crippen LogP contribution in [-0.2, 0) is 4.74 Å². The summed E-state index contributed by atoms with van der Waals surface area (Å²) < 4.78 is 5.57. The van der Waals surface area contributed by atoms with Crippen LogP contribution in [-0.4, -0.2) is 7.11 Å². The van der Waals surface area contributed by atoms with Gasteiger partial charge in [0, 0.05) is 18.8 Å². The molecule has 1 aromatic carbocycles. The molecule has 0 fully saturated rings. The number of benzene rings is 1.